The Morgan fingerprint density at radius 2 is 2.25 bits per heavy atom. The molecule has 0 aliphatic carbocycles. The molecule has 0 unspecified atom stereocenters. The average molecular weight is 183 g/mol. The van der Waals surface area contributed by atoms with Crippen LogP contribution in [0.5, 0.6) is 5.75 Å². The second-order valence-corrected chi connectivity index (χ2v) is 3.23. The van der Waals surface area contributed by atoms with Gasteiger partial charge in [-0.3, -0.25) is 0 Å². The largest absolute Gasteiger partial charge is 0.497 e. The Hall–Kier alpha value is -0.670. The molecule has 0 saturated heterocycles. The number of hydrogen-bond donors (Lipinski definition) is 1. The summed E-state index contributed by atoms with van der Waals surface area (Å²) in [7, 11) is 1.67. The zero-order valence-electron chi connectivity index (χ0n) is 7.33. The highest BCUT2D eigenvalue weighted by molar-refractivity contribution is 7.98. The van der Waals surface area contributed by atoms with Crippen molar-refractivity contribution in [2.75, 3.05) is 13.4 Å². The van der Waals surface area contributed by atoms with Gasteiger partial charge in [0.2, 0.25) is 0 Å². The number of nitrogens with two attached hydrogens (primary N) is 1. The molecule has 0 aromatic heterocycles. The average Bonchev–Trinajstić information content (AvgIpc) is 2.16. The zero-order valence-corrected chi connectivity index (χ0v) is 8.15. The van der Waals surface area contributed by atoms with Gasteiger partial charge >= 0.3 is 0 Å². The molecule has 0 saturated carbocycles. The van der Waals surface area contributed by atoms with Gasteiger partial charge in [-0.1, -0.05) is 6.07 Å². The minimum Gasteiger partial charge on any atom is -0.497 e. The number of ether oxygens (including phenoxy) is 1. The van der Waals surface area contributed by atoms with E-state index in [4.69, 9.17) is 10.5 Å². The third kappa shape index (κ3) is 1.93. The van der Waals surface area contributed by atoms with E-state index in [0.717, 1.165) is 5.75 Å². The molecule has 0 fully saturated rings. The molecule has 1 aromatic carbocycles. The highest BCUT2D eigenvalue weighted by Gasteiger charge is 2.00. The Morgan fingerprint density at radius 3 is 2.75 bits per heavy atom. The Kier molecular flexibility index (Phi) is 3.44. The van der Waals surface area contributed by atoms with Crippen molar-refractivity contribution in [3.8, 4) is 5.75 Å². The van der Waals surface area contributed by atoms with Crippen LogP contribution in [0.1, 0.15) is 5.56 Å². The van der Waals surface area contributed by atoms with E-state index in [-0.39, 0.29) is 0 Å². The number of hydrogen-bond acceptors (Lipinski definition) is 3. The first-order chi connectivity index (χ1) is 5.81. The summed E-state index contributed by atoms with van der Waals surface area (Å²) in [4.78, 5) is 1.19. The van der Waals surface area contributed by atoms with Crippen LogP contribution in [0.15, 0.2) is 23.1 Å². The molecular weight excluding hydrogens is 170 g/mol. The Bertz CT molecular complexity index is 263. The van der Waals surface area contributed by atoms with Gasteiger partial charge in [-0.05, 0) is 24.0 Å². The molecule has 0 spiro atoms. The van der Waals surface area contributed by atoms with Gasteiger partial charge < -0.3 is 10.5 Å². The molecule has 3 heteroatoms. The Morgan fingerprint density at radius 1 is 1.50 bits per heavy atom. The van der Waals surface area contributed by atoms with Crippen molar-refractivity contribution in [2.24, 2.45) is 5.73 Å². The molecule has 0 atom stereocenters. The van der Waals surface area contributed by atoms with Crippen LogP contribution in [0.2, 0.25) is 0 Å². The van der Waals surface area contributed by atoms with Crippen molar-refractivity contribution in [3.05, 3.63) is 23.8 Å². The summed E-state index contributed by atoms with van der Waals surface area (Å²) in [6.07, 6.45) is 2.04. The van der Waals surface area contributed by atoms with Gasteiger partial charge in [0.15, 0.2) is 0 Å². The lowest BCUT2D eigenvalue weighted by molar-refractivity contribution is 0.413. The number of rotatable bonds is 3. The van der Waals surface area contributed by atoms with Gasteiger partial charge in [0.25, 0.3) is 0 Å². The minimum atomic E-state index is 0.583. The van der Waals surface area contributed by atoms with E-state index < -0.39 is 0 Å². The van der Waals surface area contributed by atoms with E-state index in [9.17, 15) is 0 Å². The molecule has 0 radical (unpaired) electrons. The van der Waals surface area contributed by atoms with Crippen molar-refractivity contribution < 1.29 is 4.74 Å². The maximum Gasteiger partial charge on any atom is 0.119 e. The molecular formula is C9H13NOS. The SMILES string of the molecule is COc1ccc(CN)c(SC)c1. The van der Waals surface area contributed by atoms with Crippen LogP contribution in [-0.4, -0.2) is 13.4 Å². The van der Waals surface area contributed by atoms with Crippen LogP contribution >= 0.6 is 11.8 Å². The van der Waals surface area contributed by atoms with Crippen molar-refractivity contribution in [2.45, 2.75) is 11.4 Å². The maximum absolute atomic E-state index is 5.56. The van der Waals surface area contributed by atoms with Crippen LogP contribution in [-0.2, 0) is 6.54 Å². The first kappa shape index (κ1) is 9.42. The van der Waals surface area contributed by atoms with Crippen molar-refractivity contribution >= 4 is 11.8 Å². The lowest BCUT2D eigenvalue weighted by Gasteiger charge is -2.06. The van der Waals surface area contributed by atoms with E-state index in [0.29, 0.717) is 6.54 Å². The van der Waals surface area contributed by atoms with Gasteiger partial charge in [0.1, 0.15) is 5.75 Å². The highest BCUT2D eigenvalue weighted by atomic mass is 32.2. The lowest BCUT2D eigenvalue weighted by Crippen LogP contribution is -1.98. The van der Waals surface area contributed by atoms with E-state index in [2.05, 4.69) is 0 Å². The van der Waals surface area contributed by atoms with Crippen LogP contribution in [0.3, 0.4) is 0 Å². The summed E-state index contributed by atoms with van der Waals surface area (Å²) in [5, 5.41) is 0. The van der Waals surface area contributed by atoms with Crippen molar-refractivity contribution in [3.63, 3.8) is 0 Å². The quantitative estimate of drug-likeness (QED) is 0.727. The second-order valence-electron chi connectivity index (χ2n) is 2.38. The summed E-state index contributed by atoms with van der Waals surface area (Å²) in [5.74, 6) is 0.886. The Balaban J connectivity index is 3.02. The summed E-state index contributed by atoms with van der Waals surface area (Å²) in [6.45, 7) is 0.583. The van der Waals surface area contributed by atoms with Gasteiger partial charge in [0.05, 0.1) is 7.11 Å². The van der Waals surface area contributed by atoms with Gasteiger partial charge in [0, 0.05) is 11.4 Å². The topological polar surface area (TPSA) is 35.2 Å². The Labute approximate surface area is 77.1 Å². The van der Waals surface area contributed by atoms with E-state index in [1.165, 1.54) is 10.5 Å². The van der Waals surface area contributed by atoms with Gasteiger partial charge in [-0.15, -0.1) is 11.8 Å². The van der Waals surface area contributed by atoms with E-state index >= 15 is 0 Å². The summed E-state index contributed by atoms with van der Waals surface area (Å²) in [6, 6.07) is 5.94. The van der Waals surface area contributed by atoms with E-state index in [1.807, 2.05) is 24.5 Å². The van der Waals surface area contributed by atoms with Crippen LogP contribution in [0, 0.1) is 0 Å². The van der Waals surface area contributed by atoms with Crippen molar-refractivity contribution in [1.82, 2.24) is 0 Å². The van der Waals surface area contributed by atoms with Crippen LogP contribution in [0.25, 0.3) is 0 Å². The highest BCUT2D eigenvalue weighted by Crippen LogP contribution is 2.24. The smallest absolute Gasteiger partial charge is 0.119 e. The molecule has 2 nitrogen and oxygen atoms in total. The van der Waals surface area contributed by atoms with Crippen LogP contribution in [0.4, 0.5) is 0 Å². The number of benzene rings is 1. The third-order valence-electron chi connectivity index (χ3n) is 1.71. The predicted octanol–water partition coefficient (Wildman–Crippen LogP) is 1.88. The van der Waals surface area contributed by atoms with Crippen LogP contribution < -0.4 is 10.5 Å². The maximum atomic E-state index is 5.56. The molecule has 2 N–H and O–H groups in total. The van der Waals surface area contributed by atoms with Crippen molar-refractivity contribution in [1.29, 1.82) is 0 Å². The fourth-order valence-electron chi connectivity index (χ4n) is 1.02. The first-order valence-corrected chi connectivity index (χ1v) is 4.95. The molecule has 0 bridgehead atoms. The fraction of sp³-hybridized carbons (Fsp3) is 0.333. The zero-order chi connectivity index (χ0) is 8.97. The fourth-order valence-corrected chi connectivity index (χ4v) is 1.67. The summed E-state index contributed by atoms with van der Waals surface area (Å²) >= 11 is 1.69. The van der Waals surface area contributed by atoms with Gasteiger partial charge in [-0.2, -0.15) is 0 Å². The molecule has 0 amide bonds. The molecule has 66 valence electrons. The lowest BCUT2D eigenvalue weighted by atomic mass is 10.2. The minimum absolute atomic E-state index is 0.583. The normalized spacial score (nSPS) is 9.92. The molecule has 0 heterocycles. The van der Waals surface area contributed by atoms with Gasteiger partial charge in [-0.25, -0.2) is 0 Å². The summed E-state index contributed by atoms with van der Waals surface area (Å²) in [5.41, 5.74) is 6.73. The predicted molar refractivity (Wildman–Crippen MR) is 52.7 cm³/mol. The molecule has 0 aliphatic rings. The van der Waals surface area contributed by atoms with E-state index in [1.54, 1.807) is 18.9 Å². The number of thioether (sulfide) groups is 1. The number of methoxy groups -OCH3 is 1. The second kappa shape index (κ2) is 4.38. The molecule has 12 heavy (non-hydrogen) atoms. The standard InChI is InChI=1S/C9H13NOS/c1-11-8-4-3-7(6-10)9(5-8)12-2/h3-5H,6,10H2,1-2H3. The monoisotopic (exact) mass is 183 g/mol. The third-order valence-corrected chi connectivity index (χ3v) is 2.53. The molecule has 0 aliphatic heterocycles. The summed E-state index contributed by atoms with van der Waals surface area (Å²) < 4.78 is 5.10. The molecule has 1 rings (SSSR count). The first-order valence-electron chi connectivity index (χ1n) is 3.72. The molecule has 1 aromatic rings.